The van der Waals surface area contributed by atoms with Crippen molar-refractivity contribution in [2.75, 3.05) is 0 Å². The van der Waals surface area contributed by atoms with Crippen LogP contribution < -0.4 is 0 Å². The van der Waals surface area contributed by atoms with Crippen LogP contribution in [-0.4, -0.2) is 20.7 Å². The van der Waals surface area contributed by atoms with E-state index < -0.39 is 0 Å². The van der Waals surface area contributed by atoms with Gasteiger partial charge in [-0.1, -0.05) is 0 Å². The van der Waals surface area contributed by atoms with Gasteiger partial charge in [0.05, 0.1) is 6.20 Å². The van der Waals surface area contributed by atoms with Crippen molar-refractivity contribution in [3.8, 4) is 0 Å². The molecular formula is C6H7N5O. The van der Waals surface area contributed by atoms with Crippen LogP contribution in [0.5, 0.6) is 0 Å². The molecule has 1 amide bonds. The molecule has 1 aromatic rings. The fourth-order valence-electron chi connectivity index (χ4n) is 0.488. The zero-order valence-corrected chi connectivity index (χ0v) is 6.45. The molecule has 1 aliphatic rings. The van der Waals surface area contributed by atoms with Crippen LogP contribution in [0, 0.1) is 0 Å². The number of amides is 1. The first-order valence-electron chi connectivity index (χ1n) is 3.19. The third-order valence-electron chi connectivity index (χ3n) is 0.974. The number of nitrogens with zero attached hydrogens (tertiary/aromatic N) is 5. The van der Waals surface area contributed by atoms with Gasteiger partial charge in [-0.05, 0) is 0 Å². The first-order chi connectivity index (χ1) is 5.79. The number of rotatable bonds is 0. The lowest BCUT2D eigenvalue weighted by Gasteiger charge is -1.74. The number of hydrogen-bond donors (Lipinski definition) is 0. The summed E-state index contributed by atoms with van der Waals surface area (Å²) in [6.07, 6.45) is 5.81. The Kier molecular flexibility index (Phi) is 2.83. The standard InChI is InChI=1S/C3H5N3.C3H2N2O/c1-6-3-4-2-5-6;6-3-1-2-4-5-3/h2-3H,1H3;1-2H. The molecule has 0 saturated heterocycles. The zero-order valence-electron chi connectivity index (χ0n) is 6.45. The minimum absolute atomic E-state index is 0.269. The average molecular weight is 165 g/mol. The summed E-state index contributed by atoms with van der Waals surface area (Å²) in [6, 6.07) is 0. The maximum Gasteiger partial charge on any atom is 0.289 e. The topological polar surface area (TPSA) is 72.5 Å². The molecule has 2 heterocycles. The molecule has 0 aromatic carbocycles. The fraction of sp³-hybridized carbons (Fsp3) is 0.167. The molecule has 0 N–H and O–H groups in total. The molecule has 6 nitrogen and oxygen atoms in total. The van der Waals surface area contributed by atoms with Gasteiger partial charge in [0, 0.05) is 13.1 Å². The highest BCUT2D eigenvalue weighted by Gasteiger charge is 1.92. The van der Waals surface area contributed by atoms with E-state index in [1.165, 1.54) is 18.6 Å². The van der Waals surface area contributed by atoms with E-state index in [9.17, 15) is 4.79 Å². The van der Waals surface area contributed by atoms with Crippen LogP contribution in [0.4, 0.5) is 0 Å². The minimum Gasteiger partial charge on any atom is -0.266 e. The summed E-state index contributed by atoms with van der Waals surface area (Å²) in [5, 5.41) is 10.1. The molecule has 0 spiro atoms. The summed E-state index contributed by atoms with van der Waals surface area (Å²) >= 11 is 0. The quantitative estimate of drug-likeness (QED) is 0.555. The monoisotopic (exact) mass is 165 g/mol. The van der Waals surface area contributed by atoms with Gasteiger partial charge in [0.25, 0.3) is 5.91 Å². The highest BCUT2D eigenvalue weighted by Crippen LogP contribution is 1.90. The molecule has 12 heavy (non-hydrogen) atoms. The molecule has 0 bridgehead atoms. The van der Waals surface area contributed by atoms with Crippen molar-refractivity contribution in [2.24, 2.45) is 17.3 Å². The molecule has 0 unspecified atom stereocenters. The Morgan fingerprint density at radius 3 is 2.50 bits per heavy atom. The first-order valence-corrected chi connectivity index (χ1v) is 3.19. The number of azo groups is 1. The van der Waals surface area contributed by atoms with E-state index in [4.69, 9.17) is 0 Å². The molecule has 0 aliphatic carbocycles. The molecule has 62 valence electrons. The maximum absolute atomic E-state index is 9.90. The van der Waals surface area contributed by atoms with E-state index in [1.54, 1.807) is 11.0 Å². The summed E-state index contributed by atoms with van der Waals surface area (Å²) in [5.74, 6) is -0.269. The predicted molar refractivity (Wildman–Crippen MR) is 40.0 cm³/mol. The summed E-state index contributed by atoms with van der Waals surface area (Å²) in [4.78, 5) is 13.6. The maximum atomic E-state index is 9.90. The van der Waals surface area contributed by atoms with E-state index in [-0.39, 0.29) is 5.91 Å². The highest BCUT2D eigenvalue weighted by molar-refractivity contribution is 5.89. The Balaban J connectivity index is 0.000000120. The lowest BCUT2D eigenvalue weighted by Crippen LogP contribution is -1.83. The molecule has 6 heteroatoms. The van der Waals surface area contributed by atoms with Gasteiger partial charge in [-0.15, -0.1) is 5.11 Å². The summed E-state index contributed by atoms with van der Waals surface area (Å²) in [5.41, 5.74) is 0. The summed E-state index contributed by atoms with van der Waals surface area (Å²) in [6.45, 7) is 0. The van der Waals surface area contributed by atoms with Crippen LogP contribution in [0.2, 0.25) is 0 Å². The van der Waals surface area contributed by atoms with Gasteiger partial charge in [-0.3, -0.25) is 9.48 Å². The number of hydrogen-bond acceptors (Lipinski definition) is 4. The second kappa shape index (κ2) is 4.12. The largest absolute Gasteiger partial charge is 0.289 e. The smallest absolute Gasteiger partial charge is 0.266 e. The molecule has 1 aliphatic heterocycles. The zero-order chi connectivity index (χ0) is 8.81. The molecule has 2 rings (SSSR count). The molecule has 0 radical (unpaired) electrons. The third kappa shape index (κ3) is 2.82. The predicted octanol–water partition coefficient (Wildman–Crippen LogP) is 0.308. The van der Waals surface area contributed by atoms with Gasteiger partial charge in [-0.25, -0.2) is 4.98 Å². The van der Waals surface area contributed by atoms with E-state index in [1.807, 2.05) is 7.05 Å². The van der Waals surface area contributed by atoms with Crippen molar-refractivity contribution in [2.45, 2.75) is 0 Å². The average Bonchev–Trinajstić information content (AvgIpc) is 2.63. The van der Waals surface area contributed by atoms with Crippen molar-refractivity contribution >= 4 is 5.91 Å². The number of aryl methyl sites for hydroxylation is 1. The Morgan fingerprint density at radius 1 is 1.50 bits per heavy atom. The van der Waals surface area contributed by atoms with Crippen LogP contribution in [0.25, 0.3) is 0 Å². The highest BCUT2D eigenvalue weighted by atomic mass is 16.1. The van der Waals surface area contributed by atoms with Gasteiger partial charge < -0.3 is 0 Å². The van der Waals surface area contributed by atoms with Gasteiger partial charge in [0.1, 0.15) is 12.7 Å². The van der Waals surface area contributed by atoms with Gasteiger partial charge >= 0.3 is 0 Å². The Hall–Kier alpha value is -1.85. The number of aromatic nitrogens is 3. The third-order valence-corrected chi connectivity index (χ3v) is 0.974. The van der Waals surface area contributed by atoms with Crippen molar-refractivity contribution in [1.82, 2.24) is 14.8 Å². The van der Waals surface area contributed by atoms with E-state index in [0.29, 0.717) is 0 Å². The second-order valence-corrected chi connectivity index (χ2v) is 1.94. The summed E-state index contributed by atoms with van der Waals surface area (Å²) < 4.78 is 1.64. The Morgan fingerprint density at radius 2 is 2.33 bits per heavy atom. The van der Waals surface area contributed by atoms with Crippen LogP contribution in [0.15, 0.2) is 35.2 Å². The van der Waals surface area contributed by atoms with E-state index in [0.717, 1.165) is 0 Å². The van der Waals surface area contributed by atoms with Crippen molar-refractivity contribution < 1.29 is 4.79 Å². The van der Waals surface area contributed by atoms with Crippen molar-refractivity contribution in [1.29, 1.82) is 0 Å². The molecule has 0 atom stereocenters. The molecule has 1 aromatic heterocycles. The molecule has 0 fully saturated rings. The normalized spacial score (nSPS) is 12.9. The second-order valence-electron chi connectivity index (χ2n) is 1.94. The van der Waals surface area contributed by atoms with Crippen LogP contribution in [-0.2, 0) is 11.8 Å². The molecular weight excluding hydrogens is 158 g/mol. The molecule has 0 saturated carbocycles. The van der Waals surface area contributed by atoms with E-state index in [2.05, 4.69) is 20.3 Å². The first kappa shape index (κ1) is 8.25. The van der Waals surface area contributed by atoms with E-state index >= 15 is 0 Å². The fourth-order valence-corrected chi connectivity index (χ4v) is 0.488. The number of carbonyl (C=O) groups excluding carboxylic acids is 1. The summed E-state index contributed by atoms with van der Waals surface area (Å²) in [7, 11) is 1.83. The lowest BCUT2D eigenvalue weighted by molar-refractivity contribution is -0.113. The van der Waals surface area contributed by atoms with Crippen molar-refractivity contribution in [3.05, 3.63) is 24.9 Å². The SMILES string of the molecule is Cn1cncn1.O=C1C=CN=N1. The lowest BCUT2D eigenvalue weighted by atomic mass is 10.6. The van der Waals surface area contributed by atoms with Crippen molar-refractivity contribution in [3.63, 3.8) is 0 Å². The van der Waals surface area contributed by atoms with Gasteiger partial charge in [0.15, 0.2) is 0 Å². The Labute approximate surface area is 68.6 Å². The van der Waals surface area contributed by atoms with Crippen LogP contribution >= 0.6 is 0 Å². The Bertz CT molecular complexity index is 286. The van der Waals surface area contributed by atoms with Gasteiger partial charge in [0.2, 0.25) is 0 Å². The van der Waals surface area contributed by atoms with Crippen LogP contribution in [0.1, 0.15) is 0 Å². The van der Waals surface area contributed by atoms with Gasteiger partial charge in [-0.2, -0.15) is 10.2 Å². The van der Waals surface area contributed by atoms with Crippen LogP contribution in [0.3, 0.4) is 0 Å². The minimum atomic E-state index is -0.269. The number of carbonyl (C=O) groups is 1.